The first-order valence-electron chi connectivity index (χ1n) is 7.72. The second-order valence-electron chi connectivity index (χ2n) is 6.06. The Morgan fingerprint density at radius 3 is 3.00 bits per heavy atom. The molecule has 5 heteroatoms. The van der Waals surface area contributed by atoms with Gasteiger partial charge in [0.1, 0.15) is 6.04 Å². The fourth-order valence-corrected chi connectivity index (χ4v) is 3.62. The van der Waals surface area contributed by atoms with Gasteiger partial charge < -0.3 is 15.5 Å². The molecule has 0 aromatic heterocycles. The molecule has 2 aliphatic heterocycles. The highest BCUT2D eigenvalue weighted by Gasteiger charge is 2.31. The molecule has 21 heavy (non-hydrogen) atoms. The number of piperidine rings is 1. The third-order valence-corrected chi connectivity index (χ3v) is 4.66. The van der Waals surface area contributed by atoms with E-state index in [2.05, 4.69) is 22.5 Å². The van der Waals surface area contributed by atoms with E-state index in [0.717, 1.165) is 41.6 Å². The minimum Gasteiger partial charge on any atom is -0.370 e. The van der Waals surface area contributed by atoms with Gasteiger partial charge in [0, 0.05) is 24.3 Å². The van der Waals surface area contributed by atoms with Gasteiger partial charge in [-0.25, -0.2) is 0 Å². The zero-order chi connectivity index (χ0) is 15.0. The van der Waals surface area contributed by atoms with Crippen LogP contribution in [0.5, 0.6) is 0 Å². The van der Waals surface area contributed by atoms with Crippen LogP contribution in [0.3, 0.4) is 0 Å². The average molecular weight is 308 g/mol. The predicted molar refractivity (Wildman–Crippen MR) is 87.1 cm³/mol. The van der Waals surface area contributed by atoms with Crippen LogP contribution in [0.15, 0.2) is 12.1 Å². The van der Waals surface area contributed by atoms with E-state index < -0.39 is 0 Å². The van der Waals surface area contributed by atoms with E-state index in [9.17, 15) is 4.79 Å². The Hall–Kier alpha value is -1.26. The van der Waals surface area contributed by atoms with Crippen LogP contribution in [0.2, 0.25) is 5.02 Å². The molecule has 0 aliphatic carbocycles. The first-order valence-corrected chi connectivity index (χ1v) is 8.10. The topological polar surface area (TPSA) is 44.4 Å². The predicted octanol–water partition coefficient (Wildman–Crippen LogP) is 3.18. The van der Waals surface area contributed by atoms with E-state index in [4.69, 9.17) is 11.6 Å². The van der Waals surface area contributed by atoms with Gasteiger partial charge in [-0.2, -0.15) is 0 Å². The lowest BCUT2D eigenvalue weighted by atomic mass is 9.99. The number of nitrogens with one attached hydrogen (secondary N) is 2. The second-order valence-corrected chi connectivity index (χ2v) is 6.47. The number of hydrogen-bond donors (Lipinski definition) is 2. The number of carbonyl (C=O) groups excluding carboxylic acids is 1. The van der Waals surface area contributed by atoms with E-state index in [1.165, 1.54) is 12.8 Å². The van der Waals surface area contributed by atoms with E-state index in [0.29, 0.717) is 5.92 Å². The van der Waals surface area contributed by atoms with Crippen LogP contribution >= 0.6 is 11.6 Å². The molecule has 2 atom stereocenters. The van der Waals surface area contributed by atoms with Crippen molar-refractivity contribution in [2.75, 3.05) is 29.9 Å². The van der Waals surface area contributed by atoms with Crippen LogP contribution in [-0.2, 0) is 4.79 Å². The summed E-state index contributed by atoms with van der Waals surface area (Å²) in [5.41, 5.74) is 2.89. The van der Waals surface area contributed by atoms with Crippen LogP contribution in [0, 0.1) is 5.92 Å². The number of fused-ring (bicyclic) bond motifs is 1. The minimum absolute atomic E-state index is 0.00655. The molecule has 0 bridgehead atoms. The molecule has 1 aromatic rings. The molecule has 2 N–H and O–H groups in total. The van der Waals surface area contributed by atoms with E-state index >= 15 is 0 Å². The summed E-state index contributed by atoms with van der Waals surface area (Å²) in [4.78, 5) is 14.4. The van der Waals surface area contributed by atoms with Crippen LogP contribution in [0.4, 0.5) is 11.4 Å². The monoisotopic (exact) mass is 307 g/mol. The highest BCUT2D eigenvalue weighted by Crippen LogP contribution is 2.39. The average Bonchev–Trinajstić information content (AvgIpc) is 2.74. The van der Waals surface area contributed by atoms with Crippen LogP contribution in [-0.4, -0.2) is 25.5 Å². The molecule has 114 valence electrons. The molecule has 3 rings (SSSR count). The van der Waals surface area contributed by atoms with Crippen LogP contribution in [0.25, 0.3) is 0 Å². The van der Waals surface area contributed by atoms with Gasteiger partial charge in [0.2, 0.25) is 5.91 Å². The number of carbonyl (C=O) groups is 1. The van der Waals surface area contributed by atoms with Gasteiger partial charge in [-0.3, -0.25) is 4.79 Å². The second kappa shape index (κ2) is 5.85. The van der Waals surface area contributed by atoms with Crippen molar-refractivity contribution in [3.8, 4) is 0 Å². The zero-order valence-corrected chi connectivity index (χ0v) is 13.3. The molecule has 4 nitrogen and oxygen atoms in total. The Morgan fingerprint density at radius 1 is 1.48 bits per heavy atom. The molecule has 0 saturated carbocycles. The van der Waals surface area contributed by atoms with Gasteiger partial charge in [-0.1, -0.05) is 25.4 Å². The number of anilines is 2. The van der Waals surface area contributed by atoms with E-state index in [1.807, 2.05) is 19.1 Å². The lowest BCUT2D eigenvalue weighted by Gasteiger charge is -2.33. The molecule has 2 aliphatic rings. The third-order valence-electron chi connectivity index (χ3n) is 4.36. The zero-order valence-electron chi connectivity index (χ0n) is 12.6. The SMILES string of the molecule is CCNC1C(=O)Nc2cc(N3CCCC(C)C3)c(Cl)cc21. The molecular formula is C16H22ClN3O. The quantitative estimate of drug-likeness (QED) is 0.901. The van der Waals surface area contributed by atoms with Gasteiger partial charge >= 0.3 is 0 Å². The summed E-state index contributed by atoms with van der Waals surface area (Å²) < 4.78 is 0. The van der Waals surface area contributed by atoms with Crippen LogP contribution in [0.1, 0.15) is 38.3 Å². The standard InChI is InChI=1S/C16H22ClN3O/c1-3-18-15-11-7-12(17)14(8-13(11)19-16(15)21)20-6-4-5-10(2)9-20/h7-8,10,15,18H,3-6,9H2,1-2H3,(H,19,21). The maximum Gasteiger partial charge on any atom is 0.246 e. The van der Waals surface area contributed by atoms with Crippen LogP contribution < -0.4 is 15.5 Å². The number of rotatable bonds is 3. The van der Waals surface area contributed by atoms with E-state index in [1.54, 1.807) is 0 Å². The first-order chi connectivity index (χ1) is 10.1. The van der Waals surface area contributed by atoms with E-state index in [-0.39, 0.29) is 11.9 Å². The van der Waals surface area contributed by atoms with Crippen molar-refractivity contribution in [2.45, 2.75) is 32.7 Å². The molecule has 1 aromatic carbocycles. The normalized spacial score (nSPS) is 24.9. The fourth-order valence-electron chi connectivity index (χ4n) is 3.33. The minimum atomic E-state index is -0.281. The summed E-state index contributed by atoms with van der Waals surface area (Å²) in [6.45, 7) is 7.09. The number of amides is 1. The summed E-state index contributed by atoms with van der Waals surface area (Å²) in [5.74, 6) is 0.694. The van der Waals surface area contributed by atoms with Crippen molar-refractivity contribution in [3.63, 3.8) is 0 Å². The molecular weight excluding hydrogens is 286 g/mol. The molecule has 2 unspecified atom stereocenters. The first kappa shape index (κ1) is 14.7. The molecule has 1 amide bonds. The number of likely N-dealkylation sites (N-methyl/N-ethyl adjacent to an activating group) is 1. The summed E-state index contributed by atoms with van der Waals surface area (Å²) in [7, 11) is 0. The summed E-state index contributed by atoms with van der Waals surface area (Å²) in [6, 6.07) is 3.69. The number of halogens is 1. The highest BCUT2D eigenvalue weighted by molar-refractivity contribution is 6.33. The Bertz CT molecular complexity index is 561. The Labute approximate surface area is 130 Å². The number of benzene rings is 1. The maximum atomic E-state index is 12.0. The van der Waals surface area contributed by atoms with Gasteiger partial charge in [-0.05, 0) is 37.4 Å². The van der Waals surface area contributed by atoms with Gasteiger partial charge in [0.15, 0.2) is 0 Å². The summed E-state index contributed by atoms with van der Waals surface area (Å²) in [6.07, 6.45) is 2.47. The van der Waals surface area contributed by atoms with Crippen molar-refractivity contribution < 1.29 is 4.79 Å². The van der Waals surface area contributed by atoms with Crippen molar-refractivity contribution >= 4 is 28.9 Å². The van der Waals surface area contributed by atoms with Crippen molar-refractivity contribution in [3.05, 3.63) is 22.7 Å². The molecule has 0 spiro atoms. The molecule has 1 saturated heterocycles. The summed E-state index contributed by atoms with van der Waals surface area (Å²) >= 11 is 6.49. The lowest BCUT2D eigenvalue weighted by Crippen LogP contribution is -2.34. The number of hydrogen-bond acceptors (Lipinski definition) is 3. The van der Waals surface area contributed by atoms with Crippen molar-refractivity contribution in [2.24, 2.45) is 5.92 Å². The van der Waals surface area contributed by atoms with Crippen molar-refractivity contribution in [1.82, 2.24) is 5.32 Å². The third kappa shape index (κ3) is 2.74. The fraction of sp³-hybridized carbons (Fsp3) is 0.562. The Morgan fingerprint density at radius 2 is 2.29 bits per heavy atom. The summed E-state index contributed by atoms with van der Waals surface area (Å²) in [5, 5.41) is 6.90. The highest BCUT2D eigenvalue weighted by atomic mass is 35.5. The molecule has 1 fully saturated rings. The molecule has 0 radical (unpaired) electrons. The number of nitrogens with zero attached hydrogens (tertiary/aromatic N) is 1. The maximum absolute atomic E-state index is 12.0. The Balaban J connectivity index is 1.92. The largest absolute Gasteiger partial charge is 0.370 e. The van der Waals surface area contributed by atoms with Crippen molar-refractivity contribution in [1.29, 1.82) is 0 Å². The molecule has 2 heterocycles. The lowest BCUT2D eigenvalue weighted by molar-refractivity contribution is -0.117. The van der Waals surface area contributed by atoms with Gasteiger partial charge in [0.25, 0.3) is 0 Å². The Kier molecular flexibility index (Phi) is 4.09. The smallest absolute Gasteiger partial charge is 0.246 e. The van der Waals surface area contributed by atoms with Gasteiger partial charge in [-0.15, -0.1) is 0 Å². The van der Waals surface area contributed by atoms with Gasteiger partial charge in [0.05, 0.1) is 10.7 Å².